The normalized spacial score (nSPS) is 10.9. The van der Waals surface area contributed by atoms with Crippen LogP contribution in [0.3, 0.4) is 0 Å². The Kier molecular flexibility index (Phi) is 6.42. The zero-order valence-electron chi connectivity index (χ0n) is 20.5. The number of hydrogen-bond acceptors (Lipinski definition) is 7. The van der Waals surface area contributed by atoms with E-state index in [9.17, 15) is 9.59 Å². The van der Waals surface area contributed by atoms with E-state index < -0.39 is 5.97 Å². The first-order valence-corrected chi connectivity index (χ1v) is 11.5. The van der Waals surface area contributed by atoms with Gasteiger partial charge in [-0.3, -0.25) is 4.79 Å². The predicted octanol–water partition coefficient (Wildman–Crippen LogP) is 4.46. The van der Waals surface area contributed by atoms with Gasteiger partial charge in [0.1, 0.15) is 12.4 Å². The molecule has 0 bridgehead atoms. The molecule has 5 aromatic rings. The highest BCUT2D eigenvalue weighted by Crippen LogP contribution is 2.34. The minimum atomic E-state index is -0.660. The molecule has 0 saturated carbocycles. The van der Waals surface area contributed by atoms with E-state index in [2.05, 4.69) is 15.1 Å². The number of nitrogens with zero attached hydrogens (tertiary/aromatic N) is 3. The molecule has 37 heavy (non-hydrogen) atoms. The first kappa shape index (κ1) is 23.8. The molecule has 9 heteroatoms. The van der Waals surface area contributed by atoms with Gasteiger partial charge in [-0.05, 0) is 48.4 Å². The fraction of sp³-hybridized carbons (Fsp3) is 0.143. The number of ether oxygens (including phenoxy) is 3. The van der Waals surface area contributed by atoms with Crippen LogP contribution in [0.5, 0.6) is 11.5 Å². The molecule has 0 spiro atoms. The molecule has 0 radical (unpaired) electrons. The van der Waals surface area contributed by atoms with Crippen molar-refractivity contribution in [1.82, 2.24) is 19.7 Å². The van der Waals surface area contributed by atoms with Crippen LogP contribution in [-0.2, 0) is 11.3 Å². The molecule has 2 heterocycles. The number of methoxy groups -OCH3 is 2. The van der Waals surface area contributed by atoms with Crippen LogP contribution >= 0.6 is 0 Å². The molecule has 0 aliphatic heterocycles. The van der Waals surface area contributed by atoms with E-state index in [0.717, 1.165) is 11.3 Å². The van der Waals surface area contributed by atoms with Gasteiger partial charge in [0, 0.05) is 11.8 Å². The minimum Gasteiger partial charge on any atom is -0.493 e. The maximum absolute atomic E-state index is 13.3. The SMILES string of the molecule is COc1ccc(-c2cn(-c3ccccc3)nc2C(=O)OCc2nc3c(C)cccc3c(=O)[nH]2)cc1OC. The Balaban J connectivity index is 1.51. The van der Waals surface area contributed by atoms with Gasteiger partial charge in [0.15, 0.2) is 17.2 Å². The standard InChI is InChI=1S/C28H24N4O5/c1-17-8-7-11-20-25(17)29-24(30-27(20)33)16-37-28(34)26-21(15-32(31-26)19-9-5-4-6-10-19)18-12-13-22(35-2)23(14-18)36-3/h4-15H,16H2,1-3H3,(H,29,30,33). The molecular weight excluding hydrogens is 472 g/mol. The number of esters is 1. The van der Waals surface area contributed by atoms with Gasteiger partial charge in [-0.25, -0.2) is 14.5 Å². The van der Waals surface area contributed by atoms with E-state index in [4.69, 9.17) is 14.2 Å². The summed E-state index contributed by atoms with van der Waals surface area (Å²) in [6.45, 7) is 1.65. The number of para-hydroxylation sites is 2. The van der Waals surface area contributed by atoms with Crippen LogP contribution in [0.15, 0.2) is 77.7 Å². The molecule has 0 aliphatic carbocycles. The predicted molar refractivity (Wildman–Crippen MR) is 138 cm³/mol. The van der Waals surface area contributed by atoms with Crippen LogP contribution in [0.2, 0.25) is 0 Å². The van der Waals surface area contributed by atoms with E-state index in [1.165, 1.54) is 0 Å². The zero-order valence-corrected chi connectivity index (χ0v) is 20.5. The lowest BCUT2D eigenvalue weighted by molar-refractivity contribution is 0.0455. The Morgan fingerprint density at radius 3 is 2.51 bits per heavy atom. The Hall–Kier alpha value is -4.92. The summed E-state index contributed by atoms with van der Waals surface area (Å²) >= 11 is 0. The third-order valence-corrected chi connectivity index (χ3v) is 5.95. The van der Waals surface area contributed by atoms with Gasteiger partial charge in [0.2, 0.25) is 0 Å². The van der Waals surface area contributed by atoms with Crippen molar-refractivity contribution in [3.63, 3.8) is 0 Å². The van der Waals surface area contributed by atoms with E-state index in [1.54, 1.807) is 49.4 Å². The second-order valence-corrected chi connectivity index (χ2v) is 8.30. The lowest BCUT2D eigenvalue weighted by atomic mass is 10.1. The Morgan fingerprint density at radius 2 is 1.76 bits per heavy atom. The second kappa shape index (κ2) is 9.98. The van der Waals surface area contributed by atoms with Crippen LogP contribution in [0.1, 0.15) is 21.9 Å². The summed E-state index contributed by atoms with van der Waals surface area (Å²) in [5.41, 5.74) is 3.25. The van der Waals surface area contributed by atoms with Crippen molar-refractivity contribution in [3.05, 3.63) is 100 Å². The lowest BCUT2D eigenvalue weighted by Gasteiger charge is -2.10. The average molecular weight is 497 g/mol. The van der Waals surface area contributed by atoms with E-state index in [0.29, 0.717) is 33.5 Å². The fourth-order valence-electron chi connectivity index (χ4n) is 4.08. The monoisotopic (exact) mass is 496 g/mol. The smallest absolute Gasteiger partial charge is 0.359 e. The number of fused-ring (bicyclic) bond motifs is 1. The number of nitrogens with one attached hydrogen (secondary N) is 1. The molecule has 5 rings (SSSR count). The van der Waals surface area contributed by atoms with Crippen molar-refractivity contribution >= 4 is 16.9 Å². The first-order chi connectivity index (χ1) is 18.0. The lowest BCUT2D eigenvalue weighted by Crippen LogP contribution is -2.15. The topological polar surface area (TPSA) is 108 Å². The van der Waals surface area contributed by atoms with Gasteiger partial charge >= 0.3 is 5.97 Å². The third-order valence-electron chi connectivity index (χ3n) is 5.95. The van der Waals surface area contributed by atoms with Crippen LogP contribution in [0, 0.1) is 6.92 Å². The molecule has 2 aromatic heterocycles. The van der Waals surface area contributed by atoms with Gasteiger partial charge in [0.25, 0.3) is 5.56 Å². The number of carbonyl (C=O) groups excluding carboxylic acids is 1. The highest BCUT2D eigenvalue weighted by atomic mass is 16.5. The van der Waals surface area contributed by atoms with E-state index >= 15 is 0 Å². The fourth-order valence-corrected chi connectivity index (χ4v) is 4.08. The molecular formula is C28H24N4O5. The summed E-state index contributed by atoms with van der Waals surface area (Å²) in [4.78, 5) is 33.0. The second-order valence-electron chi connectivity index (χ2n) is 8.30. The highest BCUT2D eigenvalue weighted by Gasteiger charge is 2.22. The molecule has 1 N–H and O–H groups in total. The quantitative estimate of drug-likeness (QED) is 0.332. The maximum atomic E-state index is 13.3. The summed E-state index contributed by atoms with van der Waals surface area (Å²) in [6.07, 6.45) is 1.76. The van der Waals surface area contributed by atoms with Crippen molar-refractivity contribution in [2.75, 3.05) is 14.2 Å². The van der Waals surface area contributed by atoms with Crippen molar-refractivity contribution in [2.24, 2.45) is 0 Å². The number of hydrogen-bond donors (Lipinski definition) is 1. The van der Waals surface area contributed by atoms with Crippen molar-refractivity contribution in [3.8, 4) is 28.3 Å². The van der Waals surface area contributed by atoms with Crippen LogP contribution in [0.4, 0.5) is 0 Å². The average Bonchev–Trinajstić information content (AvgIpc) is 3.38. The summed E-state index contributed by atoms with van der Waals surface area (Å²) < 4.78 is 18.0. The van der Waals surface area contributed by atoms with Gasteiger partial charge < -0.3 is 19.2 Å². The summed E-state index contributed by atoms with van der Waals surface area (Å²) in [5.74, 6) is 0.662. The molecule has 186 valence electrons. The number of carbonyl (C=O) groups is 1. The number of H-pyrrole nitrogens is 1. The summed E-state index contributed by atoms with van der Waals surface area (Å²) in [7, 11) is 3.10. The number of aromatic nitrogens is 4. The van der Waals surface area contributed by atoms with Crippen molar-refractivity contribution < 1.29 is 19.0 Å². The molecule has 0 aliphatic rings. The maximum Gasteiger partial charge on any atom is 0.359 e. The summed E-state index contributed by atoms with van der Waals surface area (Å²) in [5, 5.41) is 5.01. The van der Waals surface area contributed by atoms with Gasteiger partial charge in [0.05, 0.1) is 30.8 Å². The summed E-state index contributed by atoms with van der Waals surface area (Å²) in [6, 6.07) is 20.1. The number of rotatable bonds is 7. The van der Waals surface area contributed by atoms with Gasteiger partial charge in [-0.2, -0.15) is 5.10 Å². The van der Waals surface area contributed by atoms with E-state index in [-0.39, 0.29) is 23.7 Å². The Morgan fingerprint density at radius 1 is 0.973 bits per heavy atom. The number of aromatic amines is 1. The van der Waals surface area contributed by atoms with Gasteiger partial charge in [-0.1, -0.05) is 36.4 Å². The minimum absolute atomic E-state index is 0.107. The van der Waals surface area contributed by atoms with Crippen LogP contribution in [-0.4, -0.2) is 39.9 Å². The molecule has 0 atom stereocenters. The van der Waals surface area contributed by atoms with Crippen molar-refractivity contribution in [1.29, 1.82) is 0 Å². The molecule has 9 nitrogen and oxygen atoms in total. The van der Waals surface area contributed by atoms with Crippen LogP contribution in [0.25, 0.3) is 27.7 Å². The zero-order chi connectivity index (χ0) is 25.9. The van der Waals surface area contributed by atoms with Crippen LogP contribution < -0.4 is 15.0 Å². The third kappa shape index (κ3) is 4.66. The number of benzene rings is 3. The molecule has 0 saturated heterocycles. The Labute approximate surface area is 212 Å². The van der Waals surface area contributed by atoms with Crippen molar-refractivity contribution in [2.45, 2.75) is 13.5 Å². The van der Waals surface area contributed by atoms with E-state index in [1.807, 2.05) is 49.4 Å². The molecule has 3 aromatic carbocycles. The Bertz CT molecular complexity index is 1660. The highest BCUT2D eigenvalue weighted by molar-refractivity contribution is 5.95. The largest absolute Gasteiger partial charge is 0.493 e. The molecule has 0 amide bonds. The first-order valence-electron chi connectivity index (χ1n) is 11.5. The number of aryl methyl sites for hydroxylation is 1. The molecule has 0 unspecified atom stereocenters. The molecule has 0 fully saturated rings. The van der Waals surface area contributed by atoms with Gasteiger partial charge in [-0.15, -0.1) is 0 Å².